The summed E-state index contributed by atoms with van der Waals surface area (Å²) < 4.78 is 27.4. The summed E-state index contributed by atoms with van der Waals surface area (Å²) in [5, 5.41) is 23.2. The van der Waals surface area contributed by atoms with Gasteiger partial charge in [-0.2, -0.15) is 4.68 Å². The third-order valence-corrected chi connectivity index (χ3v) is 6.04. The Kier molecular flexibility index (Phi) is 5.21. The molecule has 0 unspecified atom stereocenters. The molecule has 0 saturated carbocycles. The van der Waals surface area contributed by atoms with E-state index in [-0.39, 0.29) is 15.5 Å². The molecule has 1 aromatic heterocycles. The molecule has 2 aromatic carbocycles. The number of aromatic nitrogens is 4. The fourth-order valence-electron chi connectivity index (χ4n) is 2.20. The second-order valence-corrected chi connectivity index (χ2v) is 8.30. The molecule has 0 aliphatic carbocycles. The van der Waals surface area contributed by atoms with E-state index >= 15 is 0 Å². The predicted octanol–water partition coefficient (Wildman–Crippen LogP) is 1.94. The average molecular weight is 406 g/mol. The number of hydrogen-bond donors (Lipinski definition) is 1. The number of hydrogen-bond acceptors (Lipinski definition) is 8. The molecule has 0 amide bonds. The topological polar surface area (TPSA) is 133 Å². The normalized spacial score (nSPS) is 11.5. The maximum Gasteiger partial charge on any atom is 0.284 e. The zero-order valence-corrected chi connectivity index (χ0v) is 15.9. The molecule has 27 heavy (non-hydrogen) atoms. The lowest BCUT2D eigenvalue weighted by molar-refractivity contribution is -0.388. The van der Waals surface area contributed by atoms with Gasteiger partial charge in [0.2, 0.25) is 15.2 Å². The van der Waals surface area contributed by atoms with Gasteiger partial charge in [0.1, 0.15) is 0 Å². The molecule has 0 saturated heterocycles. The lowest BCUT2D eigenvalue weighted by Crippen LogP contribution is -2.18. The maximum atomic E-state index is 11.9. The van der Waals surface area contributed by atoms with E-state index in [0.717, 1.165) is 23.4 Å². The van der Waals surface area contributed by atoms with E-state index in [1.54, 1.807) is 0 Å². The zero-order valence-electron chi connectivity index (χ0n) is 14.2. The molecule has 0 spiro atoms. The Morgan fingerprint density at radius 1 is 1.19 bits per heavy atom. The van der Waals surface area contributed by atoms with Gasteiger partial charge in [-0.25, -0.2) is 13.1 Å². The van der Waals surface area contributed by atoms with Crippen molar-refractivity contribution in [3.8, 4) is 5.69 Å². The molecule has 0 bridgehead atoms. The van der Waals surface area contributed by atoms with Gasteiger partial charge >= 0.3 is 0 Å². The van der Waals surface area contributed by atoms with Crippen LogP contribution >= 0.6 is 11.8 Å². The van der Waals surface area contributed by atoms with Crippen LogP contribution in [0.3, 0.4) is 0 Å². The van der Waals surface area contributed by atoms with Crippen molar-refractivity contribution in [3.63, 3.8) is 0 Å². The quantitative estimate of drug-likeness (QED) is 0.485. The number of aryl methyl sites for hydroxylation is 1. The molecule has 3 aromatic rings. The molecule has 0 atom stereocenters. The smallest absolute Gasteiger partial charge is 0.258 e. The third kappa shape index (κ3) is 3.97. The first-order valence-electron chi connectivity index (χ1n) is 7.57. The van der Waals surface area contributed by atoms with Crippen LogP contribution in [0.15, 0.2) is 57.4 Å². The van der Waals surface area contributed by atoms with Gasteiger partial charge in [0.15, 0.2) is 0 Å². The Morgan fingerprint density at radius 2 is 1.89 bits per heavy atom. The molecule has 1 heterocycles. The molecule has 140 valence electrons. The molecule has 1 N–H and O–H groups in total. The first kappa shape index (κ1) is 18.9. The highest BCUT2D eigenvalue weighted by molar-refractivity contribution is 7.99. The Bertz CT molecular complexity index is 1100. The van der Waals surface area contributed by atoms with Crippen molar-refractivity contribution >= 4 is 27.5 Å². The largest absolute Gasteiger partial charge is 0.284 e. The van der Waals surface area contributed by atoms with Crippen molar-refractivity contribution < 1.29 is 13.3 Å². The summed E-state index contributed by atoms with van der Waals surface area (Å²) in [5.41, 5.74) is 1.41. The van der Waals surface area contributed by atoms with Crippen LogP contribution in [-0.4, -0.2) is 40.6 Å². The molecule has 0 aliphatic heterocycles. The van der Waals surface area contributed by atoms with E-state index < -0.39 is 14.9 Å². The lowest BCUT2D eigenvalue weighted by Gasteiger charge is -2.07. The fraction of sp³-hybridized carbons (Fsp3) is 0.133. The van der Waals surface area contributed by atoms with Crippen molar-refractivity contribution in [2.24, 2.45) is 0 Å². The van der Waals surface area contributed by atoms with Gasteiger partial charge in [0, 0.05) is 6.07 Å². The highest BCUT2D eigenvalue weighted by Crippen LogP contribution is 2.35. The Hall–Kier alpha value is -2.83. The number of nitrogens with one attached hydrogen (secondary N) is 1. The molecule has 0 radical (unpaired) electrons. The minimum Gasteiger partial charge on any atom is -0.258 e. The number of rotatable bonds is 6. The van der Waals surface area contributed by atoms with Crippen molar-refractivity contribution in [3.05, 3.63) is 58.1 Å². The third-order valence-electron chi connectivity index (χ3n) is 3.63. The van der Waals surface area contributed by atoms with Crippen LogP contribution in [0.2, 0.25) is 0 Å². The standard InChI is InChI=1S/C15H14N6O4S2/c1-10-3-5-11(6-4-10)20-15(17-18-19-20)26-14-8-7-12(27(24,25)16-2)9-13(14)21(22)23/h3-9,16H,1-2H3. The van der Waals surface area contributed by atoms with Gasteiger partial charge in [-0.05, 0) is 60.4 Å². The van der Waals surface area contributed by atoms with E-state index in [1.165, 1.54) is 23.9 Å². The number of nitrogens with zero attached hydrogens (tertiary/aromatic N) is 5. The first-order valence-corrected chi connectivity index (χ1v) is 9.87. The molecule has 0 aliphatic rings. The van der Waals surface area contributed by atoms with Crippen LogP contribution in [0.5, 0.6) is 0 Å². The van der Waals surface area contributed by atoms with E-state index in [0.29, 0.717) is 10.8 Å². The summed E-state index contributed by atoms with van der Waals surface area (Å²) in [4.78, 5) is 10.8. The molecule has 0 fully saturated rings. The summed E-state index contributed by atoms with van der Waals surface area (Å²) in [5.74, 6) is 0. The zero-order chi connectivity index (χ0) is 19.6. The average Bonchev–Trinajstić information content (AvgIpc) is 3.10. The van der Waals surface area contributed by atoms with Crippen molar-refractivity contribution in [2.75, 3.05) is 7.05 Å². The number of sulfonamides is 1. The van der Waals surface area contributed by atoms with Gasteiger partial charge in [-0.3, -0.25) is 10.1 Å². The van der Waals surface area contributed by atoms with Crippen molar-refractivity contribution in [2.45, 2.75) is 21.9 Å². The second kappa shape index (κ2) is 7.42. The summed E-state index contributed by atoms with van der Waals surface area (Å²) in [6.07, 6.45) is 0. The predicted molar refractivity (Wildman–Crippen MR) is 97.4 cm³/mol. The summed E-state index contributed by atoms with van der Waals surface area (Å²) >= 11 is 0.972. The highest BCUT2D eigenvalue weighted by atomic mass is 32.2. The number of nitro groups is 1. The number of nitro benzene ring substituents is 1. The molecular formula is C15H14N6O4S2. The van der Waals surface area contributed by atoms with Gasteiger partial charge in [-0.15, -0.1) is 5.10 Å². The number of benzene rings is 2. The van der Waals surface area contributed by atoms with Gasteiger partial charge in [0.05, 0.1) is 20.4 Å². The van der Waals surface area contributed by atoms with E-state index in [2.05, 4.69) is 20.2 Å². The van der Waals surface area contributed by atoms with E-state index in [9.17, 15) is 18.5 Å². The Morgan fingerprint density at radius 3 is 2.52 bits per heavy atom. The maximum absolute atomic E-state index is 11.9. The molecule has 10 nitrogen and oxygen atoms in total. The van der Waals surface area contributed by atoms with Crippen LogP contribution in [0.25, 0.3) is 5.69 Å². The Balaban J connectivity index is 2.01. The SMILES string of the molecule is CNS(=O)(=O)c1ccc(Sc2nnnn2-c2ccc(C)cc2)c([N+](=O)[O-])c1. The van der Waals surface area contributed by atoms with Crippen molar-refractivity contribution in [1.82, 2.24) is 24.9 Å². The highest BCUT2D eigenvalue weighted by Gasteiger charge is 2.23. The second-order valence-electron chi connectivity index (χ2n) is 5.41. The summed E-state index contributed by atoms with van der Waals surface area (Å²) in [6.45, 7) is 1.95. The van der Waals surface area contributed by atoms with Crippen LogP contribution in [0.1, 0.15) is 5.56 Å². The molecular weight excluding hydrogens is 392 g/mol. The fourth-order valence-corrected chi connectivity index (χ4v) is 3.83. The first-order chi connectivity index (χ1) is 12.8. The van der Waals surface area contributed by atoms with Crippen molar-refractivity contribution in [1.29, 1.82) is 0 Å². The van der Waals surface area contributed by atoms with Crippen LogP contribution in [0, 0.1) is 17.0 Å². The monoisotopic (exact) mass is 406 g/mol. The molecule has 12 heteroatoms. The minimum atomic E-state index is -3.80. The summed E-state index contributed by atoms with van der Waals surface area (Å²) in [7, 11) is -2.56. The summed E-state index contributed by atoms with van der Waals surface area (Å²) in [6, 6.07) is 11.1. The van der Waals surface area contributed by atoms with Crippen LogP contribution < -0.4 is 4.72 Å². The van der Waals surface area contributed by atoms with Crippen LogP contribution in [-0.2, 0) is 10.0 Å². The Labute approximate surface area is 158 Å². The van der Waals surface area contributed by atoms with Crippen LogP contribution in [0.4, 0.5) is 5.69 Å². The van der Waals surface area contributed by atoms with Gasteiger partial charge in [0.25, 0.3) is 5.69 Å². The van der Waals surface area contributed by atoms with E-state index in [4.69, 9.17) is 0 Å². The number of tetrazole rings is 1. The minimum absolute atomic E-state index is 0.195. The lowest BCUT2D eigenvalue weighted by atomic mass is 10.2. The van der Waals surface area contributed by atoms with E-state index in [1.807, 2.05) is 31.2 Å². The van der Waals surface area contributed by atoms with Gasteiger partial charge in [-0.1, -0.05) is 17.7 Å². The molecule has 3 rings (SSSR count). The van der Waals surface area contributed by atoms with Gasteiger partial charge < -0.3 is 0 Å².